The summed E-state index contributed by atoms with van der Waals surface area (Å²) in [6, 6.07) is 10.3. The van der Waals surface area contributed by atoms with Crippen molar-refractivity contribution in [2.75, 3.05) is 6.54 Å². The second kappa shape index (κ2) is 8.48. The first-order valence-corrected chi connectivity index (χ1v) is 10.5. The summed E-state index contributed by atoms with van der Waals surface area (Å²) in [4.78, 5) is 11.6. The molecule has 0 saturated carbocycles. The van der Waals surface area contributed by atoms with E-state index in [2.05, 4.69) is 0 Å². The Kier molecular flexibility index (Phi) is 6.21. The van der Waals surface area contributed by atoms with Gasteiger partial charge in [-0.05, 0) is 55.8 Å². The standard InChI is InChI=1S/C20H22FNO6S/c1-13-11-22(19(20(23)24)14(2)28-13)29(25,26)18-9-7-17(8-10-18)27-12-15-3-5-16(21)6-4-15/h3-10,13-14,19H,11-12H2,1-2H3,(H,23,24)/t13-,14-,19-/m1/s1. The zero-order chi connectivity index (χ0) is 21.2. The minimum Gasteiger partial charge on any atom is -0.489 e. The Morgan fingerprint density at radius 3 is 2.38 bits per heavy atom. The number of aliphatic carboxylic acids is 1. The molecule has 1 fully saturated rings. The highest BCUT2D eigenvalue weighted by atomic mass is 32.2. The lowest BCUT2D eigenvalue weighted by molar-refractivity contribution is -0.155. The van der Waals surface area contributed by atoms with Gasteiger partial charge in [-0.3, -0.25) is 4.79 Å². The number of morpholine rings is 1. The third kappa shape index (κ3) is 4.75. The Hall–Kier alpha value is -2.49. The summed E-state index contributed by atoms with van der Waals surface area (Å²) in [5.41, 5.74) is 0.767. The summed E-state index contributed by atoms with van der Waals surface area (Å²) in [5.74, 6) is -1.16. The Labute approximate surface area is 168 Å². The Morgan fingerprint density at radius 1 is 1.17 bits per heavy atom. The first-order valence-electron chi connectivity index (χ1n) is 9.06. The number of hydrogen-bond acceptors (Lipinski definition) is 5. The van der Waals surface area contributed by atoms with Gasteiger partial charge in [0.25, 0.3) is 0 Å². The molecular formula is C20H22FNO6S. The minimum atomic E-state index is -4.04. The van der Waals surface area contributed by atoms with Crippen LogP contribution < -0.4 is 4.74 Å². The fraction of sp³-hybridized carbons (Fsp3) is 0.350. The molecule has 2 aromatic carbocycles. The molecule has 0 unspecified atom stereocenters. The molecule has 0 bridgehead atoms. The van der Waals surface area contributed by atoms with Crippen LogP contribution in [0.15, 0.2) is 53.4 Å². The average Bonchev–Trinajstić information content (AvgIpc) is 2.67. The van der Waals surface area contributed by atoms with Crippen molar-refractivity contribution in [3.05, 3.63) is 59.9 Å². The Balaban J connectivity index is 1.76. The van der Waals surface area contributed by atoms with Crippen molar-refractivity contribution in [3.63, 3.8) is 0 Å². The number of nitrogens with zero attached hydrogens (tertiary/aromatic N) is 1. The van der Waals surface area contributed by atoms with Crippen molar-refractivity contribution in [2.45, 2.75) is 43.6 Å². The van der Waals surface area contributed by atoms with E-state index in [1.165, 1.54) is 36.4 Å². The van der Waals surface area contributed by atoms with Crippen molar-refractivity contribution in [1.82, 2.24) is 4.31 Å². The van der Waals surface area contributed by atoms with Gasteiger partial charge in [0, 0.05) is 6.54 Å². The van der Waals surface area contributed by atoms with Gasteiger partial charge in [0.2, 0.25) is 10.0 Å². The van der Waals surface area contributed by atoms with Crippen LogP contribution in [0.4, 0.5) is 4.39 Å². The number of ether oxygens (including phenoxy) is 2. The summed E-state index contributed by atoms with van der Waals surface area (Å²) >= 11 is 0. The maximum Gasteiger partial charge on any atom is 0.324 e. The van der Waals surface area contributed by atoms with Gasteiger partial charge in [0.1, 0.15) is 24.2 Å². The van der Waals surface area contributed by atoms with Gasteiger partial charge in [0.05, 0.1) is 17.1 Å². The van der Waals surface area contributed by atoms with Gasteiger partial charge in [-0.1, -0.05) is 12.1 Å². The lowest BCUT2D eigenvalue weighted by Crippen LogP contribution is -2.58. The van der Waals surface area contributed by atoms with Gasteiger partial charge < -0.3 is 14.6 Å². The smallest absolute Gasteiger partial charge is 0.324 e. The van der Waals surface area contributed by atoms with Gasteiger partial charge in [0.15, 0.2) is 0 Å². The van der Waals surface area contributed by atoms with Crippen molar-refractivity contribution in [2.24, 2.45) is 0 Å². The maximum atomic E-state index is 13.0. The molecule has 3 rings (SSSR count). The molecule has 156 valence electrons. The quantitative estimate of drug-likeness (QED) is 0.768. The number of sulfonamides is 1. The molecule has 7 nitrogen and oxygen atoms in total. The first-order chi connectivity index (χ1) is 13.7. The molecule has 0 spiro atoms. The monoisotopic (exact) mass is 423 g/mol. The molecule has 0 radical (unpaired) electrons. The van der Waals surface area contributed by atoms with Crippen LogP contribution in [0.2, 0.25) is 0 Å². The van der Waals surface area contributed by atoms with Crippen LogP contribution in [0.5, 0.6) is 5.75 Å². The van der Waals surface area contributed by atoms with Crippen LogP contribution in [0, 0.1) is 5.82 Å². The molecular weight excluding hydrogens is 401 g/mol. The van der Waals surface area contributed by atoms with Crippen molar-refractivity contribution in [3.8, 4) is 5.75 Å². The first kappa shape index (κ1) is 21.2. The third-order valence-electron chi connectivity index (χ3n) is 4.64. The van der Waals surface area contributed by atoms with Crippen molar-refractivity contribution >= 4 is 16.0 Å². The highest BCUT2D eigenvalue weighted by Gasteiger charge is 2.44. The van der Waals surface area contributed by atoms with Crippen molar-refractivity contribution in [1.29, 1.82) is 0 Å². The van der Waals surface area contributed by atoms with Crippen LogP contribution in [-0.2, 0) is 26.2 Å². The SMILES string of the molecule is C[C@@H]1CN(S(=O)(=O)c2ccc(OCc3ccc(F)cc3)cc2)[C@@H](C(=O)O)[C@@H](C)O1. The summed E-state index contributed by atoms with van der Waals surface area (Å²) in [5, 5.41) is 9.49. The molecule has 0 aliphatic carbocycles. The van der Waals surface area contributed by atoms with Crippen LogP contribution in [0.25, 0.3) is 0 Å². The lowest BCUT2D eigenvalue weighted by Gasteiger charge is -2.39. The molecule has 0 amide bonds. The number of benzene rings is 2. The second-order valence-corrected chi connectivity index (χ2v) is 8.79. The zero-order valence-corrected chi connectivity index (χ0v) is 16.8. The highest BCUT2D eigenvalue weighted by Crippen LogP contribution is 2.27. The van der Waals surface area contributed by atoms with Gasteiger partial charge in [-0.25, -0.2) is 12.8 Å². The van der Waals surface area contributed by atoms with Crippen LogP contribution >= 0.6 is 0 Å². The average molecular weight is 423 g/mol. The molecule has 1 saturated heterocycles. The lowest BCUT2D eigenvalue weighted by atomic mass is 10.1. The number of carboxylic acids is 1. The van der Waals surface area contributed by atoms with E-state index in [0.29, 0.717) is 5.75 Å². The molecule has 3 atom stereocenters. The van der Waals surface area contributed by atoms with Gasteiger partial charge >= 0.3 is 5.97 Å². The van der Waals surface area contributed by atoms with Crippen molar-refractivity contribution < 1.29 is 32.2 Å². The molecule has 9 heteroatoms. The Bertz CT molecular complexity index is 961. The van der Waals surface area contributed by atoms with E-state index in [9.17, 15) is 22.7 Å². The topological polar surface area (TPSA) is 93.1 Å². The van der Waals surface area contributed by atoms with Gasteiger partial charge in [-0.15, -0.1) is 0 Å². The van der Waals surface area contributed by atoms with Crippen LogP contribution in [0.1, 0.15) is 19.4 Å². The summed E-state index contributed by atoms with van der Waals surface area (Å²) in [6.45, 7) is 3.39. The molecule has 0 aromatic heterocycles. The molecule has 1 N–H and O–H groups in total. The van der Waals surface area contributed by atoms with E-state index in [1.54, 1.807) is 26.0 Å². The van der Waals surface area contributed by atoms with E-state index < -0.39 is 34.2 Å². The molecule has 1 aliphatic rings. The number of carboxylic acid groups (broad SMARTS) is 1. The number of halogens is 1. The Morgan fingerprint density at radius 2 is 1.79 bits per heavy atom. The van der Waals surface area contributed by atoms with E-state index in [1.807, 2.05) is 0 Å². The predicted octanol–water partition coefficient (Wildman–Crippen LogP) is 2.66. The van der Waals surface area contributed by atoms with Gasteiger partial charge in [-0.2, -0.15) is 4.31 Å². The second-order valence-electron chi connectivity index (χ2n) is 6.90. The zero-order valence-electron chi connectivity index (χ0n) is 16.0. The maximum absolute atomic E-state index is 13.0. The summed E-state index contributed by atoms with van der Waals surface area (Å²) in [6.07, 6.45) is -1.20. The van der Waals surface area contributed by atoms with E-state index in [4.69, 9.17) is 9.47 Å². The number of carbonyl (C=O) groups is 1. The fourth-order valence-electron chi connectivity index (χ4n) is 3.25. The fourth-order valence-corrected chi connectivity index (χ4v) is 4.96. The number of hydrogen-bond donors (Lipinski definition) is 1. The normalized spacial score (nSPS) is 22.9. The number of rotatable bonds is 6. The predicted molar refractivity (Wildman–Crippen MR) is 102 cm³/mol. The minimum absolute atomic E-state index is 0.0285. The molecule has 1 heterocycles. The molecule has 1 aliphatic heterocycles. The van der Waals surface area contributed by atoms with Crippen LogP contribution in [-0.4, -0.2) is 48.6 Å². The molecule has 29 heavy (non-hydrogen) atoms. The van der Waals surface area contributed by atoms with E-state index in [0.717, 1.165) is 9.87 Å². The summed E-state index contributed by atoms with van der Waals surface area (Å²) < 4.78 is 51.1. The van der Waals surface area contributed by atoms with E-state index >= 15 is 0 Å². The summed E-state index contributed by atoms with van der Waals surface area (Å²) in [7, 11) is -4.04. The third-order valence-corrected chi connectivity index (χ3v) is 6.50. The molecule has 2 aromatic rings. The largest absolute Gasteiger partial charge is 0.489 e. The van der Waals surface area contributed by atoms with Crippen LogP contribution in [0.3, 0.4) is 0 Å². The van der Waals surface area contributed by atoms with E-state index in [-0.39, 0.29) is 23.9 Å². The highest BCUT2D eigenvalue weighted by molar-refractivity contribution is 7.89.